The van der Waals surface area contributed by atoms with Gasteiger partial charge in [0.25, 0.3) is 17.5 Å². The fraction of sp³-hybridized carbons (Fsp3) is 0.100. The first kappa shape index (κ1) is 20.0. The molecule has 0 unspecified atom stereocenters. The van der Waals surface area contributed by atoms with E-state index in [9.17, 15) is 19.7 Å². The summed E-state index contributed by atoms with van der Waals surface area (Å²) in [7, 11) is 0. The Balaban J connectivity index is 1.49. The van der Waals surface area contributed by atoms with Gasteiger partial charge in [0.2, 0.25) is 0 Å². The number of anilines is 1. The monoisotopic (exact) mass is 411 g/mol. The van der Waals surface area contributed by atoms with Crippen LogP contribution in [0.4, 0.5) is 11.4 Å². The Hall–Kier alpha value is -3.72. The first-order chi connectivity index (χ1) is 14.0. The predicted molar refractivity (Wildman–Crippen MR) is 109 cm³/mol. The van der Waals surface area contributed by atoms with Gasteiger partial charge in [-0.15, -0.1) is 11.3 Å². The zero-order chi connectivity index (χ0) is 20.6. The van der Waals surface area contributed by atoms with Crippen LogP contribution in [0.3, 0.4) is 0 Å². The largest absolute Gasteiger partial charge is 0.484 e. The number of ether oxygens (including phenoxy) is 1. The van der Waals surface area contributed by atoms with E-state index in [1.807, 2.05) is 17.5 Å². The Labute approximate surface area is 170 Å². The zero-order valence-electron chi connectivity index (χ0n) is 15.2. The number of amides is 2. The number of hydrogen-bond donors (Lipinski definition) is 2. The van der Waals surface area contributed by atoms with E-state index in [-0.39, 0.29) is 23.8 Å². The van der Waals surface area contributed by atoms with Gasteiger partial charge in [-0.05, 0) is 41.8 Å². The number of thiophene rings is 1. The Morgan fingerprint density at radius 1 is 1.07 bits per heavy atom. The van der Waals surface area contributed by atoms with Gasteiger partial charge in [-0.25, -0.2) is 0 Å². The fourth-order valence-electron chi connectivity index (χ4n) is 2.40. The summed E-state index contributed by atoms with van der Waals surface area (Å²) in [4.78, 5) is 35.4. The standard InChI is InChI=1S/C20H17N3O5S/c24-19(21-12-18-5-2-10-29-18)13-28-17-8-6-15(7-9-17)22-20(25)14-3-1-4-16(11-14)23(26)27/h1-11H,12-13H2,(H,21,24)(H,22,25). The highest BCUT2D eigenvalue weighted by atomic mass is 32.1. The van der Waals surface area contributed by atoms with Gasteiger partial charge in [0.15, 0.2) is 6.61 Å². The highest BCUT2D eigenvalue weighted by molar-refractivity contribution is 7.09. The minimum absolute atomic E-state index is 0.120. The summed E-state index contributed by atoms with van der Waals surface area (Å²) in [5.41, 5.74) is 0.525. The maximum absolute atomic E-state index is 12.2. The number of rotatable bonds is 8. The second kappa shape index (κ2) is 9.47. The molecular weight excluding hydrogens is 394 g/mol. The predicted octanol–water partition coefficient (Wildman–Crippen LogP) is 3.60. The molecule has 0 fully saturated rings. The third kappa shape index (κ3) is 5.88. The summed E-state index contributed by atoms with van der Waals surface area (Å²) in [6.07, 6.45) is 0. The van der Waals surface area contributed by atoms with Crippen molar-refractivity contribution in [1.29, 1.82) is 0 Å². The van der Waals surface area contributed by atoms with E-state index in [1.165, 1.54) is 24.3 Å². The molecule has 0 aliphatic heterocycles. The third-order valence-electron chi connectivity index (χ3n) is 3.84. The average Bonchev–Trinajstić information content (AvgIpc) is 3.25. The lowest BCUT2D eigenvalue weighted by Crippen LogP contribution is -2.28. The van der Waals surface area contributed by atoms with Crippen LogP contribution < -0.4 is 15.4 Å². The number of hydrogen-bond acceptors (Lipinski definition) is 6. The van der Waals surface area contributed by atoms with E-state index >= 15 is 0 Å². The number of nitrogens with one attached hydrogen (secondary N) is 2. The lowest BCUT2D eigenvalue weighted by Gasteiger charge is -2.09. The van der Waals surface area contributed by atoms with Crippen molar-refractivity contribution in [1.82, 2.24) is 5.32 Å². The van der Waals surface area contributed by atoms with Crippen molar-refractivity contribution < 1.29 is 19.2 Å². The van der Waals surface area contributed by atoms with Gasteiger partial charge >= 0.3 is 0 Å². The molecule has 9 heteroatoms. The van der Waals surface area contributed by atoms with E-state index in [0.717, 1.165) is 4.88 Å². The molecule has 1 aromatic heterocycles. The molecule has 0 atom stereocenters. The smallest absolute Gasteiger partial charge is 0.270 e. The summed E-state index contributed by atoms with van der Waals surface area (Å²) in [5, 5.41) is 18.2. The van der Waals surface area contributed by atoms with Crippen LogP contribution in [-0.2, 0) is 11.3 Å². The topological polar surface area (TPSA) is 111 Å². The molecule has 0 saturated carbocycles. The normalized spacial score (nSPS) is 10.2. The molecule has 1 heterocycles. The van der Waals surface area contributed by atoms with Crippen molar-refractivity contribution in [2.24, 2.45) is 0 Å². The molecule has 0 spiro atoms. The van der Waals surface area contributed by atoms with Crippen LogP contribution in [0.5, 0.6) is 5.75 Å². The van der Waals surface area contributed by atoms with Crippen molar-refractivity contribution in [3.8, 4) is 5.75 Å². The van der Waals surface area contributed by atoms with Crippen molar-refractivity contribution in [2.45, 2.75) is 6.54 Å². The van der Waals surface area contributed by atoms with Crippen LogP contribution in [-0.4, -0.2) is 23.3 Å². The molecule has 2 amide bonds. The molecule has 8 nitrogen and oxygen atoms in total. The first-order valence-electron chi connectivity index (χ1n) is 8.59. The molecule has 3 rings (SSSR count). The molecule has 3 aromatic rings. The number of benzene rings is 2. The summed E-state index contributed by atoms with van der Waals surface area (Å²) in [6.45, 7) is 0.341. The van der Waals surface area contributed by atoms with Crippen LogP contribution >= 0.6 is 11.3 Å². The summed E-state index contributed by atoms with van der Waals surface area (Å²) >= 11 is 1.56. The van der Waals surface area contributed by atoms with E-state index in [1.54, 1.807) is 35.6 Å². The minimum Gasteiger partial charge on any atom is -0.484 e. The number of non-ortho nitro benzene ring substituents is 1. The fourth-order valence-corrected chi connectivity index (χ4v) is 3.04. The van der Waals surface area contributed by atoms with E-state index in [2.05, 4.69) is 10.6 Å². The van der Waals surface area contributed by atoms with E-state index in [4.69, 9.17) is 4.74 Å². The van der Waals surface area contributed by atoms with Crippen LogP contribution in [0.2, 0.25) is 0 Å². The number of nitro groups is 1. The van der Waals surface area contributed by atoms with Gasteiger partial charge in [-0.1, -0.05) is 12.1 Å². The summed E-state index contributed by atoms with van der Waals surface area (Å²) in [6, 6.07) is 15.8. The number of nitro benzene ring substituents is 1. The average molecular weight is 411 g/mol. The third-order valence-corrected chi connectivity index (χ3v) is 4.72. The van der Waals surface area contributed by atoms with Crippen molar-refractivity contribution in [2.75, 3.05) is 11.9 Å². The molecule has 2 N–H and O–H groups in total. The molecule has 0 aliphatic rings. The summed E-state index contributed by atoms with van der Waals surface area (Å²) < 4.78 is 5.43. The number of carbonyl (C=O) groups is 2. The van der Waals surface area contributed by atoms with Gasteiger partial charge in [0.1, 0.15) is 5.75 Å². The lowest BCUT2D eigenvalue weighted by molar-refractivity contribution is -0.384. The minimum atomic E-state index is -0.556. The Kier molecular flexibility index (Phi) is 6.54. The molecule has 148 valence electrons. The van der Waals surface area contributed by atoms with Gasteiger partial charge in [0.05, 0.1) is 11.5 Å². The number of carbonyl (C=O) groups excluding carboxylic acids is 2. The molecule has 0 bridgehead atoms. The van der Waals surface area contributed by atoms with Crippen molar-refractivity contribution in [3.63, 3.8) is 0 Å². The second-order valence-corrected chi connectivity index (χ2v) is 6.96. The van der Waals surface area contributed by atoms with Crippen molar-refractivity contribution in [3.05, 3.63) is 86.6 Å². The first-order valence-corrected chi connectivity index (χ1v) is 9.47. The zero-order valence-corrected chi connectivity index (χ0v) is 16.0. The quantitative estimate of drug-likeness (QED) is 0.435. The maximum atomic E-state index is 12.2. The second-order valence-electron chi connectivity index (χ2n) is 5.93. The molecule has 2 aromatic carbocycles. The molecule has 0 radical (unpaired) electrons. The van der Waals surface area contributed by atoms with Crippen LogP contribution in [0.25, 0.3) is 0 Å². The van der Waals surface area contributed by atoms with Gasteiger partial charge in [0, 0.05) is 28.3 Å². The molecule has 29 heavy (non-hydrogen) atoms. The van der Waals surface area contributed by atoms with E-state index in [0.29, 0.717) is 18.0 Å². The highest BCUT2D eigenvalue weighted by Gasteiger charge is 2.12. The van der Waals surface area contributed by atoms with E-state index < -0.39 is 10.8 Å². The van der Waals surface area contributed by atoms with Gasteiger partial charge < -0.3 is 15.4 Å². The lowest BCUT2D eigenvalue weighted by atomic mass is 10.2. The van der Waals surface area contributed by atoms with Crippen molar-refractivity contribution >= 4 is 34.5 Å². The Morgan fingerprint density at radius 3 is 2.55 bits per heavy atom. The SMILES string of the molecule is O=C(COc1ccc(NC(=O)c2cccc([N+](=O)[O-])c2)cc1)NCc1cccs1. The molecule has 0 saturated heterocycles. The molecular formula is C20H17N3O5S. The maximum Gasteiger partial charge on any atom is 0.270 e. The van der Waals surface area contributed by atoms with Gasteiger partial charge in [-0.2, -0.15) is 0 Å². The van der Waals surface area contributed by atoms with Crippen LogP contribution in [0.15, 0.2) is 66.0 Å². The summed E-state index contributed by atoms with van der Waals surface area (Å²) in [5.74, 6) is -0.221. The van der Waals surface area contributed by atoms with Crippen LogP contribution in [0.1, 0.15) is 15.2 Å². The highest BCUT2D eigenvalue weighted by Crippen LogP contribution is 2.18. The van der Waals surface area contributed by atoms with Gasteiger partial charge in [-0.3, -0.25) is 19.7 Å². The molecule has 0 aliphatic carbocycles. The van der Waals surface area contributed by atoms with Crippen LogP contribution in [0, 0.1) is 10.1 Å². The Morgan fingerprint density at radius 2 is 1.86 bits per heavy atom. The Bertz CT molecular complexity index is 1000. The number of nitrogens with zero attached hydrogens (tertiary/aromatic N) is 1.